The molecule has 3 heterocycles. The van der Waals surface area contributed by atoms with Gasteiger partial charge in [-0.3, -0.25) is 0 Å². The van der Waals surface area contributed by atoms with Crippen LogP contribution in [0.5, 0.6) is 0 Å². The Kier molecular flexibility index (Phi) is 6.08. The number of anilines is 1. The smallest absolute Gasteiger partial charge is 0.350 e. The van der Waals surface area contributed by atoms with Gasteiger partial charge in [-0.15, -0.1) is 11.3 Å². The molecule has 0 aliphatic carbocycles. The zero-order chi connectivity index (χ0) is 22.7. The Labute approximate surface area is 187 Å². The largest absolute Gasteiger partial charge is 0.456 e. The number of amides is 4. The van der Waals surface area contributed by atoms with Crippen molar-refractivity contribution in [2.75, 3.05) is 18.4 Å². The van der Waals surface area contributed by atoms with Gasteiger partial charge in [0, 0.05) is 18.2 Å². The third kappa shape index (κ3) is 4.72. The van der Waals surface area contributed by atoms with Gasteiger partial charge in [0.15, 0.2) is 5.76 Å². The number of carbonyl (C=O) groups is 3. The van der Waals surface area contributed by atoms with Crippen LogP contribution in [0.25, 0.3) is 21.9 Å². The molecule has 1 aliphatic rings. The summed E-state index contributed by atoms with van der Waals surface area (Å²) in [4.78, 5) is 37.9. The molecule has 0 radical (unpaired) electrons. The summed E-state index contributed by atoms with van der Waals surface area (Å²) in [6.07, 6.45) is 0.781. The summed E-state index contributed by atoms with van der Waals surface area (Å²) >= 11 is 1.08. The fraction of sp³-hybridized carbons (Fsp3) is 0.238. The maximum absolute atomic E-state index is 12.9. The van der Waals surface area contributed by atoms with E-state index >= 15 is 0 Å². The molecule has 1 saturated heterocycles. The highest BCUT2D eigenvalue weighted by molar-refractivity contribution is 7.18. The summed E-state index contributed by atoms with van der Waals surface area (Å²) in [6, 6.07) is 11.4. The molecular formula is C21H21N5O5S. The lowest BCUT2D eigenvalue weighted by Crippen LogP contribution is -2.46. The average Bonchev–Trinajstić information content (AvgIpc) is 3.41. The molecule has 1 fully saturated rings. The van der Waals surface area contributed by atoms with E-state index in [0.717, 1.165) is 16.9 Å². The van der Waals surface area contributed by atoms with E-state index < -0.39 is 24.1 Å². The van der Waals surface area contributed by atoms with Crippen LogP contribution in [-0.4, -0.2) is 47.3 Å². The Morgan fingerprint density at radius 1 is 1.19 bits per heavy atom. The zero-order valence-corrected chi connectivity index (χ0v) is 17.8. The molecule has 11 heteroatoms. The SMILES string of the molecule is NC(=O)Nc1cc(-c2cc(-c3ccccc3)no2)sc1C(=O)OC1CCCN(C(N)=O)C1. The number of piperidine rings is 1. The van der Waals surface area contributed by atoms with Crippen molar-refractivity contribution in [1.82, 2.24) is 10.1 Å². The number of benzene rings is 1. The number of urea groups is 2. The molecule has 1 aromatic carbocycles. The van der Waals surface area contributed by atoms with Crippen molar-refractivity contribution in [1.29, 1.82) is 0 Å². The summed E-state index contributed by atoms with van der Waals surface area (Å²) < 4.78 is 11.0. The fourth-order valence-corrected chi connectivity index (χ4v) is 4.41. The van der Waals surface area contributed by atoms with Crippen molar-refractivity contribution < 1.29 is 23.6 Å². The number of likely N-dealkylation sites (tertiary alicyclic amines) is 1. The number of nitrogens with two attached hydrogens (primary N) is 2. The summed E-state index contributed by atoms with van der Waals surface area (Å²) in [7, 11) is 0. The number of nitrogens with one attached hydrogen (secondary N) is 1. The van der Waals surface area contributed by atoms with Crippen molar-refractivity contribution >= 4 is 35.1 Å². The van der Waals surface area contributed by atoms with Crippen LogP contribution in [0.1, 0.15) is 22.5 Å². The third-order valence-corrected chi connectivity index (χ3v) is 6.09. The molecule has 32 heavy (non-hydrogen) atoms. The van der Waals surface area contributed by atoms with Gasteiger partial charge < -0.3 is 30.9 Å². The monoisotopic (exact) mass is 455 g/mol. The third-order valence-electron chi connectivity index (χ3n) is 4.96. The topological polar surface area (TPSA) is 154 Å². The molecule has 166 valence electrons. The second-order valence-corrected chi connectivity index (χ2v) is 8.29. The van der Waals surface area contributed by atoms with E-state index in [1.165, 1.54) is 4.90 Å². The van der Waals surface area contributed by atoms with Gasteiger partial charge in [0.25, 0.3) is 0 Å². The Bertz CT molecular complexity index is 1140. The molecule has 4 amide bonds. The minimum atomic E-state index is -0.816. The van der Waals surface area contributed by atoms with Gasteiger partial charge in [-0.1, -0.05) is 35.5 Å². The maximum atomic E-state index is 12.9. The van der Waals surface area contributed by atoms with Crippen molar-refractivity contribution in [3.8, 4) is 21.9 Å². The van der Waals surface area contributed by atoms with Crippen molar-refractivity contribution in [3.63, 3.8) is 0 Å². The quantitative estimate of drug-likeness (QED) is 0.502. The van der Waals surface area contributed by atoms with Gasteiger partial charge in [-0.25, -0.2) is 14.4 Å². The van der Waals surface area contributed by atoms with Crippen LogP contribution in [0.4, 0.5) is 15.3 Å². The van der Waals surface area contributed by atoms with Crippen molar-refractivity contribution in [2.24, 2.45) is 11.5 Å². The van der Waals surface area contributed by atoms with Crippen LogP contribution in [-0.2, 0) is 4.74 Å². The number of aromatic nitrogens is 1. The van der Waals surface area contributed by atoms with Crippen LogP contribution in [0, 0.1) is 0 Å². The summed E-state index contributed by atoms with van der Waals surface area (Å²) in [6.45, 7) is 0.747. The van der Waals surface area contributed by atoms with E-state index in [1.54, 1.807) is 12.1 Å². The molecule has 0 spiro atoms. The Morgan fingerprint density at radius 2 is 1.97 bits per heavy atom. The molecule has 1 unspecified atom stereocenters. The first kappa shape index (κ1) is 21.4. The van der Waals surface area contributed by atoms with Crippen LogP contribution < -0.4 is 16.8 Å². The van der Waals surface area contributed by atoms with Gasteiger partial charge in [-0.05, 0) is 18.9 Å². The number of rotatable bonds is 5. The van der Waals surface area contributed by atoms with E-state index in [0.29, 0.717) is 35.7 Å². The van der Waals surface area contributed by atoms with Gasteiger partial charge in [0.1, 0.15) is 16.7 Å². The van der Waals surface area contributed by atoms with Gasteiger partial charge >= 0.3 is 18.0 Å². The number of nitrogens with zero attached hydrogens (tertiary/aromatic N) is 2. The number of primary amides is 2. The minimum Gasteiger partial charge on any atom is -0.456 e. The molecule has 2 aromatic heterocycles. The summed E-state index contributed by atoms with van der Waals surface area (Å²) in [5.41, 5.74) is 12.3. The zero-order valence-electron chi connectivity index (χ0n) is 16.9. The first-order chi connectivity index (χ1) is 15.4. The predicted octanol–water partition coefficient (Wildman–Crippen LogP) is 3.26. The standard InChI is InChI=1S/C21H21N5O5S/c22-20(28)24-15-10-17(16-9-14(25-31-16)12-5-2-1-3-6-12)32-18(15)19(27)30-13-7-4-8-26(11-13)21(23)29/h1-3,5-6,9-10,13H,4,7-8,11H2,(H2,23,29)(H3,22,24,28). The van der Waals surface area contributed by atoms with Crippen LogP contribution >= 0.6 is 11.3 Å². The summed E-state index contributed by atoms with van der Waals surface area (Å²) in [5, 5.41) is 6.53. The molecule has 0 saturated carbocycles. The van der Waals surface area contributed by atoms with E-state index in [4.69, 9.17) is 20.7 Å². The van der Waals surface area contributed by atoms with E-state index in [-0.39, 0.29) is 17.1 Å². The first-order valence-corrected chi connectivity index (χ1v) is 10.7. The Balaban J connectivity index is 1.57. The van der Waals surface area contributed by atoms with Crippen molar-refractivity contribution in [3.05, 3.63) is 47.3 Å². The van der Waals surface area contributed by atoms with Gasteiger partial charge in [-0.2, -0.15) is 0 Å². The lowest BCUT2D eigenvalue weighted by atomic mass is 10.1. The highest BCUT2D eigenvalue weighted by atomic mass is 32.1. The lowest BCUT2D eigenvalue weighted by Gasteiger charge is -2.31. The Morgan fingerprint density at radius 3 is 2.69 bits per heavy atom. The normalized spacial score (nSPS) is 15.9. The first-order valence-electron chi connectivity index (χ1n) is 9.89. The number of hydrogen-bond acceptors (Lipinski definition) is 7. The maximum Gasteiger partial charge on any atom is 0.350 e. The van der Waals surface area contributed by atoms with Crippen molar-refractivity contribution in [2.45, 2.75) is 18.9 Å². The fourth-order valence-electron chi connectivity index (χ4n) is 3.47. The number of esters is 1. The highest BCUT2D eigenvalue weighted by Gasteiger charge is 2.28. The van der Waals surface area contributed by atoms with Crippen LogP contribution in [0.15, 0.2) is 47.0 Å². The van der Waals surface area contributed by atoms with Crippen LogP contribution in [0.3, 0.4) is 0 Å². The second kappa shape index (κ2) is 9.10. The molecule has 5 N–H and O–H groups in total. The van der Waals surface area contributed by atoms with Gasteiger partial charge in [0.2, 0.25) is 0 Å². The van der Waals surface area contributed by atoms with Gasteiger partial charge in [0.05, 0.1) is 17.1 Å². The van der Waals surface area contributed by atoms with Crippen LogP contribution in [0.2, 0.25) is 0 Å². The molecule has 4 rings (SSSR count). The molecule has 0 bridgehead atoms. The number of carbonyl (C=O) groups excluding carboxylic acids is 3. The van der Waals surface area contributed by atoms with E-state index in [1.807, 2.05) is 30.3 Å². The highest BCUT2D eigenvalue weighted by Crippen LogP contribution is 2.37. The molecule has 10 nitrogen and oxygen atoms in total. The molecule has 1 atom stereocenters. The lowest BCUT2D eigenvalue weighted by molar-refractivity contribution is 0.0134. The number of hydrogen-bond donors (Lipinski definition) is 3. The number of ether oxygens (including phenoxy) is 1. The Hall–Kier alpha value is -3.86. The molecule has 3 aromatic rings. The predicted molar refractivity (Wildman–Crippen MR) is 118 cm³/mol. The van der Waals surface area contributed by atoms with E-state index in [9.17, 15) is 14.4 Å². The van der Waals surface area contributed by atoms with E-state index in [2.05, 4.69) is 10.5 Å². The average molecular weight is 455 g/mol. The summed E-state index contributed by atoms with van der Waals surface area (Å²) in [5.74, 6) is -0.206. The molecule has 1 aliphatic heterocycles. The molecular weight excluding hydrogens is 434 g/mol. The number of thiophene rings is 1. The second-order valence-electron chi connectivity index (χ2n) is 7.24. The minimum absolute atomic E-state index is 0.160.